The molecule has 0 atom stereocenters. The molecule has 0 aliphatic carbocycles. The van der Waals surface area contributed by atoms with Gasteiger partial charge in [0.15, 0.2) is 0 Å². The largest absolute Gasteiger partial charge is 0.390 e. The highest BCUT2D eigenvalue weighted by atomic mass is 32.1. The molecule has 1 N–H and O–H groups in total. The number of hydrogen-bond acceptors (Lipinski definition) is 2. The molecule has 0 aliphatic rings. The normalized spacial score (nSPS) is 12.0. The van der Waals surface area contributed by atoms with Crippen LogP contribution in [0.1, 0.15) is 30.5 Å². The van der Waals surface area contributed by atoms with Crippen molar-refractivity contribution in [3.8, 4) is 0 Å². The fourth-order valence-electron chi connectivity index (χ4n) is 1.13. The van der Waals surface area contributed by atoms with Gasteiger partial charge in [0.2, 0.25) is 0 Å². The van der Waals surface area contributed by atoms with E-state index in [-0.39, 0.29) is 0 Å². The van der Waals surface area contributed by atoms with Crippen LogP contribution in [-0.4, -0.2) is 10.7 Å². The Morgan fingerprint density at radius 1 is 1.33 bits per heavy atom. The van der Waals surface area contributed by atoms with E-state index in [0.29, 0.717) is 0 Å². The maximum atomic E-state index is 9.56. The third kappa shape index (κ3) is 2.95. The van der Waals surface area contributed by atoms with E-state index in [2.05, 4.69) is 19.1 Å². The molecule has 1 aromatic heterocycles. The molecule has 0 amide bonds. The van der Waals surface area contributed by atoms with Gasteiger partial charge in [-0.1, -0.05) is 6.92 Å². The van der Waals surface area contributed by atoms with Crippen LogP contribution < -0.4 is 0 Å². The summed E-state index contributed by atoms with van der Waals surface area (Å²) in [6, 6.07) is 4.26. The quantitative estimate of drug-likeness (QED) is 0.765. The van der Waals surface area contributed by atoms with Crippen LogP contribution in [0.25, 0.3) is 0 Å². The molecular weight excluding hydrogens is 168 g/mol. The molecule has 1 aromatic rings. The van der Waals surface area contributed by atoms with E-state index in [0.717, 1.165) is 12.8 Å². The molecular formula is C10H16OS. The summed E-state index contributed by atoms with van der Waals surface area (Å²) in [5.41, 5.74) is -0.574. The van der Waals surface area contributed by atoms with E-state index in [1.165, 1.54) is 9.75 Å². The zero-order valence-electron chi connectivity index (χ0n) is 7.92. The highest BCUT2D eigenvalue weighted by molar-refractivity contribution is 7.11. The number of rotatable bonds is 3. The fraction of sp³-hybridized carbons (Fsp3) is 0.600. The van der Waals surface area contributed by atoms with E-state index in [1.54, 1.807) is 11.3 Å². The van der Waals surface area contributed by atoms with Gasteiger partial charge in [-0.3, -0.25) is 0 Å². The Morgan fingerprint density at radius 3 is 2.33 bits per heavy atom. The second kappa shape index (κ2) is 3.58. The van der Waals surface area contributed by atoms with Crippen molar-refractivity contribution >= 4 is 11.3 Å². The van der Waals surface area contributed by atoms with E-state index in [9.17, 15) is 5.11 Å². The van der Waals surface area contributed by atoms with E-state index in [1.807, 2.05) is 13.8 Å². The van der Waals surface area contributed by atoms with Crippen molar-refractivity contribution in [1.29, 1.82) is 0 Å². The minimum absolute atomic E-state index is 0.574. The first-order chi connectivity index (χ1) is 5.51. The Morgan fingerprint density at radius 2 is 1.92 bits per heavy atom. The second-order valence-corrected chi connectivity index (χ2v) is 4.96. The number of thiophene rings is 1. The van der Waals surface area contributed by atoms with Crippen molar-refractivity contribution < 1.29 is 5.11 Å². The first-order valence-electron chi connectivity index (χ1n) is 4.31. The summed E-state index contributed by atoms with van der Waals surface area (Å²) < 4.78 is 0. The van der Waals surface area contributed by atoms with E-state index < -0.39 is 5.60 Å². The summed E-state index contributed by atoms with van der Waals surface area (Å²) in [6.07, 6.45) is 1.86. The van der Waals surface area contributed by atoms with Gasteiger partial charge in [-0.25, -0.2) is 0 Å². The van der Waals surface area contributed by atoms with E-state index >= 15 is 0 Å². The summed E-state index contributed by atoms with van der Waals surface area (Å²) in [7, 11) is 0. The maximum Gasteiger partial charge on any atom is 0.0639 e. The average Bonchev–Trinajstić information content (AvgIpc) is 2.32. The summed E-state index contributed by atoms with van der Waals surface area (Å²) in [6.45, 7) is 5.84. The molecule has 0 bridgehead atoms. The average molecular weight is 184 g/mol. The van der Waals surface area contributed by atoms with Crippen LogP contribution in [0, 0.1) is 0 Å². The predicted octanol–water partition coefficient (Wildman–Crippen LogP) is 2.62. The van der Waals surface area contributed by atoms with Crippen molar-refractivity contribution in [2.24, 2.45) is 0 Å². The van der Waals surface area contributed by atoms with Gasteiger partial charge < -0.3 is 5.11 Å². The molecule has 0 saturated carbocycles. The lowest BCUT2D eigenvalue weighted by atomic mass is 10.1. The molecule has 0 aliphatic heterocycles. The lowest BCUT2D eigenvalue weighted by molar-refractivity contribution is 0.0818. The van der Waals surface area contributed by atoms with Crippen molar-refractivity contribution in [2.45, 2.75) is 39.2 Å². The molecule has 0 saturated heterocycles. The lowest BCUT2D eigenvalue weighted by Crippen LogP contribution is -2.20. The van der Waals surface area contributed by atoms with Crippen LogP contribution in [-0.2, 0) is 12.8 Å². The maximum absolute atomic E-state index is 9.56. The van der Waals surface area contributed by atoms with Gasteiger partial charge >= 0.3 is 0 Å². The van der Waals surface area contributed by atoms with Gasteiger partial charge in [0.05, 0.1) is 5.60 Å². The molecule has 1 heterocycles. The molecule has 68 valence electrons. The monoisotopic (exact) mass is 184 g/mol. The zero-order valence-corrected chi connectivity index (χ0v) is 8.74. The summed E-state index contributed by atoms with van der Waals surface area (Å²) >= 11 is 1.80. The Hall–Kier alpha value is -0.340. The summed E-state index contributed by atoms with van der Waals surface area (Å²) in [5.74, 6) is 0. The summed E-state index contributed by atoms with van der Waals surface area (Å²) in [5, 5.41) is 9.56. The van der Waals surface area contributed by atoms with Gasteiger partial charge in [0.25, 0.3) is 0 Å². The van der Waals surface area contributed by atoms with Crippen molar-refractivity contribution in [1.82, 2.24) is 0 Å². The molecule has 0 spiro atoms. The lowest BCUT2D eigenvalue weighted by Gasteiger charge is -2.14. The van der Waals surface area contributed by atoms with Crippen LogP contribution in [0.5, 0.6) is 0 Å². The summed E-state index contributed by atoms with van der Waals surface area (Å²) in [4.78, 5) is 2.67. The minimum atomic E-state index is -0.574. The van der Waals surface area contributed by atoms with Gasteiger partial charge in [-0.05, 0) is 32.4 Å². The first kappa shape index (κ1) is 9.75. The van der Waals surface area contributed by atoms with Crippen LogP contribution in [0.2, 0.25) is 0 Å². The van der Waals surface area contributed by atoms with Crippen molar-refractivity contribution in [2.75, 3.05) is 0 Å². The van der Waals surface area contributed by atoms with Crippen molar-refractivity contribution in [3.63, 3.8) is 0 Å². The topological polar surface area (TPSA) is 20.2 Å². The fourth-order valence-corrected chi connectivity index (χ4v) is 2.31. The van der Waals surface area contributed by atoms with Gasteiger partial charge in [0, 0.05) is 16.2 Å². The standard InChI is InChI=1S/C10H16OS/c1-4-8-5-6-9(12-8)7-10(2,3)11/h5-6,11H,4,7H2,1-3H3. The molecule has 1 rings (SSSR count). The van der Waals surface area contributed by atoms with Crippen LogP contribution in [0.15, 0.2) is 12.1 Å². The SMILES string of the molecule is CCc1ccc(CC(C)(C)O)s1. The Bertz CT molecular complexity index is 245. The Balaban J connectivity index is 2.64. The smallest absolute Gasteiger partial charge is 0.0639 e. The molecule has 0 unspecified atom stereocenters. The van der Waals surface area contributed by atoms with Gasteiger partial charge in [-0.15, -0.1) is 11.3 Å². The molecule has 0 aromatic carbocycles. The highest BCUT2D eigenvalue weighted by Crippen LogP contribution is 2.21. The zero-order chi connectivity index (χ0) is 9.19. The third-order valence-electron chi connectivity index (χ3n) is 1.67. The molecule has 0 fully saturated rings. The molecule has 1 nitrogen and oxygen atoms in total. The predicted molar refractivity (Wildman–Crippen MR) is 53.7 cm³/mol. The molecule has 12 heavy (non-hydrogen) atoms. The minimum Gasteiger partial charge on any atom is -0.390 e. The molecule has 0 radical (unpaired) electrons. The number of aliphatic hydroxyl groups is 1. The van der Waals surface area contributed by atoms with Crippen LogP contribution in [0.3, 0.4) is 0 Å². The Kier molecular flexibility index (Phi) is 2.91. The van der Waals surface area contributed by atoms with Gasteiger partial charge in [0.1, 0.15) is 0 Å². The van der Waals surface area contributed by atoms with Gasteiger partial charge in [-0.2, -0.15) is 0 Å². The molecule has 2 heteroatoms. The second-order valence-electron chi connectivity index (χ2n) is 3.71. The highest BCUT2D eigenvalue weighted by Gasteiger charge is 2.14. The third-order valence-corrected chi connectivity index (χ3v) is 2.90. The van der Waals surface area contributed by atoms with Crippen molar-refractivity contribution in [3.05, 3.63) is 21.9 Å². The van der Waals surface area contributed by atoms with Crippen LogP contribution >= 0.6 is 11.3 Å². The number of aryl methyl sites for hydroxylation is 1. The van der Waals surface area contributed by atoms with Crippen LogP contribution in [0.4, 0.5) is 0 Å². The Labute approximate surface area is 78.1 Å². The number of hydrogen-bond donors (Lipinski definition) is 1. The van der Waals surface area contributed by atoms with E-state index in [4.69, 9.17) is 0 Å². The first-order valence-corrected chi connectivity index (χ1v) is 5.13.